The van der Waals surface area contributed by atoms with E-state index in [-0.39, 0.29) is 27.5 Å². The van der Waals surface area contributed by atoms with Gasteiger partial charge in [0.25, 0.3) is 6.43 Å². The summed E-state index contributed by atoms with van der Waals surface area (Å²) in [6, 6.07) is 6.22. The molecule has 3 nitrogen and oxygen atoms in total. The molecule has 0 aromatic carbocycles. The highest BCUT2D eigenvalue weighted by Crippen LogP contribution is 2.39. The van der Waals surface area contributed by atoms with E-state index in [4.69, 9.17) is 5.73 Å². The molecule has 0 saturated heterocycles. The number of alkyl halides is 5. The SMILES string of the molecule is Nc1cc(-c2cnccc2C(F)(F)F)cc(-c2ccc(C(F)F)s2)n1. The van der Waals surface area contributed by atoms with Crippen LogP contribution in [0.4, 0.5) is 27.8 Å². The van der Waals surface area contributed by atoms with Crippen LogP contribution in [0.3, 0.4) is 0 Å². The van der Waals surface area contributed by atoms with Gasteiger partial charge in [0.2, 0.25) is 0 Å². The third kappa shape index (κ3) is 3.60. The minimum Gasteiger partial charge on any atom is -0.384 e. The number of nitrogens with two attached hydrogens (primary N) is 1. The minimum absolute atomic E-state index is 0.0172. The van der Waals surface area contributed by atoms with Crippen LogP contribution in [0.25, 0.3) is 21.7 Å². The standard InChI is InChI=1S/C16H10F5N3S/c17-15(18)13-2-1-12(25-13)11-5-8(6-14(22)24-11)9-7-23-4-3-10(9)16(19,20)21/h1-7,15H,(H2,22,24). The van der Waals surface area contributed by atoms with Crippen LogP contribution in [0, 0.1) is 0 Å². The fraction of sp³-hybridized carbons (Fsp3) is 0.125. The molecular weight excluding hydrogens is 361 g/mol. The number of thiophene rings is 1. The topological polar surface area (TPSA) is 51.8 Å². The van der Waals surface area contributed by atoms with Crippen molar-refractivity contribution >= 4 is 17.2 Å². The van der Waals surface area contributed by atoms with Gasteiger partial charge in [-0.3, -0.25) is 4.98 Å². The molecule has 0 aliphatic heterocycles. The van der Waals surface area contributed by atoms with Crippen molar-refractivity contribution < 1.29 is 22.0 Å². The first-order chi connectivity index (χ1) is 11.8. The lowest BCUT2D eigenvalue weighted by atomic mass is 10.0. The second-order valence-corrected chi connectivity index (χ2v) is 6.20. The van der Waals surface area contributed by atoms with Gasteiger partial charge in [0.1, 0.15) is 5.82 Å². The van der Waals surface area contributed by atoms with Crippen LogP contribution in [0.1, 0.15) is 16.9 Å². The monoisotopic (exact) mass is 371 g/mol. The Morgan fingerprint density at radius 3 is 2.48 bits per heavy atom. The molecule has 0 fully saturated rings. The van der Waals surface area contributed by atoms with Gasteiger partial charge in [-0.15, -0.1) is 11.3 Å². The van der Waals surface area contributed by atoms with Crippen molar-refractivity contribution in [2.45, 2.75) is 12.6 Å². The molecule has 130 valence electrons. The first kappa shape index (κ1) is 17.3. The molecule has 0 aliphatic rings. The number of anilines is 1. The van der Waals surface area contributed by atoms with Crippen LogP contribution in [0.5, 0.6) is 0 Å². The highest BCUT2D eigenvalue weighted by Gasteiger charge is 2.33. The summed E-state index contributed by atoms with van der Waals surface area (Å²) in [6.45, 7) is 0. The molecule has 0 radical (unpaired) electrons. The highest BCUT2D eigenvalue weighted by atomic mass is 32.1. The molecule has 3 heterocycles. The lowest BCUT2D eigenvalue weighted by Crippen LogP contribution is -2.07. The predicted octanol–water partition coefficient (Wildman–Crippen LogP) is 5.41. The summed E-state index contributed by atoms with van der Waals surface area (Å²) < 4.78 is 65.1. The summed E-state index contributed by atoms with van der Waals surface area (Å²) in [5.74, 6) is -0.0172. The van der Waals surface area contributed by atoms with E-state index in [1.165, 1.54) is 24.3 Å². The summed E-state index contributed by atoms with van der Waals surface area (Å²) >= 11 is 0.811. The summed E-state index contributed by atoms with van der Waals surface area (Å²) in [4.78, 5) is 8.01. The number of rotatable bonds is 3. The van der Waals surface area contributed by atoms with Crippen LogP contribution < -0.4 is 5.73 Å². The lowest BCUT2D eigenvalue weighted by Gasteiger charge is -2.13. The fourth-order valence-electron chi connectivity index (χ4n) is 2.31. The Bertz CT molecular complexity index is 905. The molecule has 0 bridgehead atoms. The van der Waals surface area contributed by atoms with Gasteiger partial charge >= 0.3 is 6.18 Å². The molecule has 0 saturated carbocycles. The second-order valence-electron chi connectivity index (χ2n) is 5.09. The van der Waals surface area contributed by atoms with E-state index < -0.39 is 18.2 Å². The minimum atomic E-state index is -4.57. The second kappa shape index (κ2) is 6.40. The van der Waals surface area contributed by atoms with E-state index in [0.717, 1.165) is 29.8 Å². The Morgan fingerprint density at radius 2 is 1.84 bits per heavy atom. The fourth-order valence-corrected chi connectivity index (χ4v) is 3.14. The van der Waals surface area contributed by atoms with Crippen LogP contribution in [0.2, 0.25) is 0 Å². The maximum Gasteiger partial charge on any atom is 0.417 e. The Kier molecular flexibility index (Phi) is 4.42. The molecule has 3 aromatic rings. The van der Waals surface area contributed by atoms with E-state index >= 15 is 0 Å². The number of halogens is 5. The normalized spacial score (nSPS) is 11.9. The number of hydrogen-bond acceptors (Lipinski definition) is 4. The number of nitrogens with zero attached hydrogens (tertiary/aromatic N) is 2. The number of hydrogen-bond donors (Lipinski definition) is 1. The van der Waals surface area contributed by atoms with Crippen molar-refractivity contribution in [1.82, 2.24) is 9.97 Å². The van der Waals surface area contributed by atoms with Crippen molar-refractivity contribution in [2.75, 3.05) is 5.73 Å². The van der Waals surface area contributed by atoms with Gasteiger partial charge in [0.15, 0.2) is 0 Å². The van der Waals surface area contributed by atoms with Crippen LogP contribution in [0.15, 0.2) is 42.7 Å². The summed E-state index contributed by atoms with van der Waals surface area (Å²) in [5.41, 5.74) is 5.07. The van der Waals surface area contributed by atoms with Crippen LogP contribution in [-0.2, 0) is 6.18 Å². The molecule has 0 spiro atoms. The number of nitrogen functional groups attached to an aromatic ring is 1. The first-order valence-corrected chi connectivity index (χ1v) is 7.75. The maximum atomic E-state index is 13.2. The number of pyridine rings is 2. The van der Waals surface area contributed by atoms with Gasteiger partial charge < -0.3 is 5.73 Å². The molecule has 2 N–H and O–H groups in total. The Hall–Kier alpha value is -2.55. The van der Waals surface area contributed by atoms with Gasteiger partial charge in [0.05, 0.1) is 21.0 Å². The maximum absolute atomic E-state index is 13.2. The molecule has 0 amide bonds. The van der Waals surface area contributed by atoms with Gasteiger partial charge in [-0.25, -0.2) is 13.8 Å². The average Bonchev–Trinajstić information content (AvgIpc) is 3.04. The average molecular weight is 371 g/mol. The zero-order valence-corrected chi connectivity index (χ0v) is 13.2. The third-order valence-electron chi connectivity index (χ3n) is 3.38. The zero-order valence-electron chi connectivity index (χ0n) is 12.4. The van der Waals surface area contributed by atoms with Crippen LogP contribution in [-0.4, -0.2) is 9.97 Å². The molecule has 3 aromatic heterocycles. The third-order valence-corrected chi connectivity index (χ3v) is 4.49. The first-order valence-electron chi connectivity index (χ1n) is 6.93. The molecule has 0 atom stereocenters. The van der Waals surface area contributed by atoms with E-state index in [0.29, 0.717) is 4.88 Å². The van der Waals surface area contributed by atoms with E-state index in [1.807, 2.05) is 0 Å². The van der Waals surface area contributed by atoms with E-state index in [9.17, 15) is 22.0 Å². The largest absolute Gasteiger partial charge is 0.417 e. The lowest BCUT2D eigenvalue weighted by molar-refractivity contribution is -0.137. The predicted molar refractivity (Wildman–Crippen MR) is 85.2 cm³/mol. The van der Waals surface area contributed by atoms with Gasteiger partial charge in [0, 0.05) is 18.0 Å². The highest BCUT2D eigenvalue weighted by molar-refractivity contribution is 7.15. The molecular formula is C16H10F5N3S. The Morgan fingerprint density at radius 1 is 1.08 bits per heavy atom. The quantitative estimate of drug-likeness (QED) is 0.626. The molecule has 0 aliphatic carbocycles. The van der Waals surface area contributed by atoms with Gasteiger partial charge in [-0.05, 0) is 35.9 Å². The van der Waals surface area contributed by atoms with Crippen LogP contribution >= 0.6 is 11.3 Å². The molecule has 0 unspecified atom stereocenters. The van der Waals surface area contributed by atoms with Crippen molar-refractivity contribution in [3.8, 4) is 21.7 Å². The van der Waals surface area contributed by atoms with Crippen molar-refractivity contribution in [1.29, 1.82) is 0 Å². The summed E-state index contributed by atoms with van der Waals surface area (Å²) in [7, 11) is 0. The van der Waals surface area contributed by atoms with E-state index in [1.54, 1.807) is 0 Å². The van der Waals surface area contributed by atoms with E-state index in [2.05, 4.69) is 9.97 Å². The summed E-state index contributed by atoms with van der Waals surface area (Å²) in [5, 5.41) is 0. The molecule has 3 rings (SSSR count). The zero-order chi connectivity index (χ0) is 18.2. The van der Waals surface area contributed by atoms with Crippen molar-refractivity contribution in [3.05, 3.63) is 53.2 Å². The molecule has 9 heteroatoms. The Labute approximate surface area is 143 Å². The van der Waals surface area contributed by atoms with Crippen molar-refractivity contribution in [3.63, 3.8) is 0 Å². The van der Waals surface area contributed by atoms with Crippen molar-refractivity contribution in [2.24, 2.45) is 0 Å². The molecule has 25 heavy (non-hydrogen) atoms. The Balaban J connectivity index is 2.12. The smallest absolute Gasteiger partial charge is 0.384 e. The van der Waals surface area contributed by atoms with Gasteiger partial charge in [-0.2, -0.15) is 13.2 Å². The number of aromatic nitrogens is 2. The van der Waals surface area contributed by atoms with Gasteiger partial charge in [-0.1, -0.05) is 0 Å². The summed E-state index contributed by atoms with van der Waals surface area (Å²) in [6.07, 6.45) is -5.07.